The number of hydroxylamine groups is 2. The van der Waals surface area contributed by atoms with Gasteiger partial charge in [-0.05, 0) is 24.1 Å². The molecule has 7 nitrogen and oxygen atoms in total. The number of hydrogen-bond acceptors (Lipinski definition) is 5. The summed E-state index contributed by atoms with van der Waals surface area (Å²) in [5.41, 5.74) is 1.18. The second-order valence-corrected chi connectivity index (χ2v) is 6.46. The fourth-order valence-corrected chi connectivity index (χ4v) is 3.07. The van der Waals surface area contributed by atoms with Crippen LogP contribution in [0.15, 0.2) is 65.9 Å². The summed E-state index contributed by atoms with van der Waals surface area (Å²) in [4.78, 5) is 26.6. The zero-order valence-corrected chi connectivity index (χ0v) is 15.8. The maximum absolute atomic E-state index is 13.1. The van der Waals surface area contributed by atoms with Gasteiger partial charge >= 0.3 is 6.03 Å². The van der Waals surface area contributed by atoms with Crippen molar-refractivity contribution in [3.63, 3.8) is 0 Å². The number of rotatable bonds is 7. The van der Waals surface area contributed by atoms with Crippen LogP contribution in [0.5, 0.6) is 0 Å². The molecule has 29 heavy (non-hydrogen) atoms. The fraction of sp³-hybridized carbons (Fsp3) is 0.238. The molecular formula is C21H21FN2O5. The van der Waals surface area contributed by atoms with Crippen LogP contribution >= 0.6 is 0 Å². The molecule has 1 atom stereocenters. The smallest absolute Gasteiger partial charge is 0.353 e. The number of benzene rings is 2. The highest BCUT2D eigenvalue weighted by atomic mass is 19.1. The highest BCUT2D eigenvalue weighted by Gasteiger charge is 2.40. The molecule has 0 aromatic heterocycles. The first-order valence-electron chi connectivity index (χ1n) is 9.06. The van der Waals surface area contributed by atoms with Gasteiger partial charge in [0, 0.05) is 11.1 Å². The van der Waals surface area contributed by atoms with Gasteiger partial charge in [-0.3, -0.25) is 14.9 Å². The van der Waals surface area contributed by atoms with Crippen LogP contribution in [-0.2, 0) is 11.3 Å². The summed E-state index contributed by atoms with van der Waals surface area (Å²) in [5.74, 6) is -0.843. The molecule has 1 aliphatic rings. The minimum Gasteiger partial charge on any atom is -0.368 e. The lowest BCUT2D eigenvalue weighted by Gasteiger charge is -2.37. The molecule has 0 bridgehead atoms. The van der Waals surface area contributed by atoms with Crippen molar-refractivity contribution in [2.24, 2.45) is 0 Å². The minimum absolute atomic E-state index is 0.0272. The highest BCUT2D eigenvalue weighted by molar-refractivity contribution is 6.11. The van der Waals surface area contributed by atoms with Gasteiger partial charge in [-0.2, -0.15) is 5.06 Å². The summed E-state index contributed by atoms with van der Waals surface area (Å²) in [6.45, 7) is 1.43. The number of aliphatic hydroxyl groups excluding tert-OH is 1. The average molecular weight is 400 g/mol. The molecule has 3 rings (SSSR count). The largest absolute Gasteiger partial charge is 0.368 e. The quantitative estimate of drug-likeness (QED) is 0.550. The van der Waals surface area contributed by atoms with Crippen molar-refractivity contribution >= 4 is 11.8 Å². The number of halogens is 1. The molecule has 8 heteroatoms. The minimum atomic E-state index is -1.62. The molecule has 0 radical (unpaired) electrons. The molecule has 0 saturated heterocycles. The molecule has 0 fully saturated rings. The molecular weight excluding hydrogens is 379 g/mol. The van der Waals surface area contributed by atoms with E-state index in [4.69, 9.17) is 4.74 Å². The van der Waals surface area contributed by atoms with Crippen LogP contribution in [-0.4, -0.2) is 45.0 Å². The van der Waals surface area contributed by atoms with Crippen LogP contribution in [0.4, 0.5) is 9.18 Å². The maximum atomic E-state index is 13.1. The number of allylic oxidation sites excluding steroid dienone is 1. The van der Waals surface area contributed by atoms with E-state index in [9.17, 15) is 24.3 Å². The monoisotopic (exact) mass is 400 g/mol. The van der Waals surface area contributed by atoms with Crippen LogP contribution in [0.1, 0.15) is 29.3 Å². The van der Waals surface area contributed by atoms with Crippen molar-refractivity contribution in [3.05, 3.63) is 82.8 Å². The van der Waals surface area contributed by atoms with E-state index < -0.39 is 18.0 Å². The van der Waals surface area contributed by atoms with Gasteiger partial charge in [-0.15, -0.1) is 0 Å². The van der Waals surface area contributed by atoms with Crippen LogP contribution < -0.4 is 0 Å². The van der Waals surface area contributed by atoms with E-state index >= 15 is 0 Å². The summed E-state index contributed by atoms with van der Waals surface area (Å²) in [6.07, 6.45) is -1.39. The second-order valence-electron chi connectivity index (χ2n) is 6.46. The average Bonchev–Trinajstić information content (AvgIpc) is 2.75. The van der Waals surface area contributed by atoms with Crippen molar-refractivity contribution in [1.29, 1.82) is 0 Å². The second kappa shape index (κ2) is 8.95. The van der Waals surface area contributed by atoms with Crippen molar-refractivity contribution in [2.45, 2.75) is 26.2 Å². The highest BCUT2D eigenvalue weighted by Crippen LogP contribution is 2.29. The number of ether oxygens (including phenoxy) is 1. The lowest BCUT2D eigenvalue weighted by Crippen LogP contribution is -2.53. The third-order valence-corrected chi connectivity index (χ3v) is 4.58. The molecule has 2 aromatic rings. The van der Waals surface area contributed by atoms with Crippen LogP contribution in [0.3, 0.4) is 0 Å². The predicted molar refractivity (Wildman–Crippen MR) is 101 cm³/mol. The van der Waals surface area contributed by atoms with Gasteiger partial charge in [0.1, 0.15) is 12.5 Å². The van der Waals surface area contributed by atoms with Gasteiger partial charge in [0.2, 0.25) is 5.78 Å². The Morgan fingerprint density at radius 1 is 1.14 bits per heavy atom. The van der Waals surface area contributed by atoms with Crippen LogP contribution in [0.2, 0.25) is 0 Å². The Labute approximate surface area is 167 Å². The number of amides is 2. The Balaban J connectivity index is 1.88. The zero-order chi connectivity index (χ0) is 21.0. The zero-order valence-electron chi connectivity index (χ0n) is 15.8. The molecule has 2 N–H and O–H groups in total. The molecule has 1 aliphatic heterocycles. The van der Waals surface area contributed by atoms with E-state index in [2.05, 4.69) is 0 Å². The van der Waals surface area contributed by atoms with Gasteiger partial charge in [0.05, 0.1) is 12.3 Å². The summed E-state index contributed by atoms with van der Waals surface area (Å²) < 4.78 is 18.6. The Bertz CT molecular complexity index is 914. The van der Waals surface area contributed by atoms with Crippen LogP contribution in [0.25, 0.3) is 0 Å². The number of nitrogens with zero attached hydrogens (tertiary/aromatic N) is 2. The number of ketones is 1. The van der Waals surface area contributed by atoms with Crippen molar-refractivity contribution < 1.29 is 29.0 Å². The van der Waals surface area contributed by atoms with Crippen molar-refractivity contribution in [3.8, 4) is 0 Å². The van der Waals surface area contributed by atoms with E-state index in [-0.39, 0.29) is 41.9 Å². The van der Waals surface area contributed by atoms with Crippen molar-refractivity contribution in [2.75, 3.05) is 6.73 Å². The third kappa shape index (κ3) is 4.34. The lowest BCUT2D eigenvalue weighted by molar-refractivity contribution is -0.156. The Morgan fingerprint density at radius 2 is 1.79 bits per heavy atom. The number of hydrogen-bond donors (Lipinski definition) is 2. The van der Waals surface area contributed by atoms with E-state index in [1.165, 1.54) is 12.1 Å². The molecule has 0 saturated carbocycles. The third-order valence-electron chi connectivity index (χ3n) is 4.58. The molecule has 0 aliphatic carbocycles. The van der Waals surface area contributed by atoms with Gasteiger partial charge < -0.3 is 9.84 Å². The number of carbonyl (C=O) groups is 2. The topological polar surface area (TPSA) is 90.3 Å². The van der Waals surface area contributed by atoms with Gasteiger partial charge in [-0.25, -0.2) is 9.18 Å². The number of Topliss-reactive ketones (excluding diaryl/α,β-unsaturated/α-hetero) is 1. The van der Waals surface area contributed by atoms with E-state index in [0.717, 1.165) is 4.90 Å². The summed E-state index contributed by atoms with van der Waals surface area (Å²) in [6, 6.07) is 13.0. The van der Waals surface area contributed by atoms with E-state index in [0.29, 0.717) is 11.1 Å². The van der Waals surface area contributed by atoms with Gasteiger partial charge in [0.25, 0.3) is 0 Å². The maximum Gasteiger partial charge on any atom is 0.353 e. The molecule has 2 amide bonds. The SMILES string of the molecule is CCC1=C(C(=O)c2ccccc2)N(COCc2ccc(F)cc2)C(=O)N(O)C1O. The van der Waals surface area contributed by atoms with E-state index in [1.807, 2.05) is 0 Å². The standard InChI is InChI=1S/C21H21FN2O5/c1-2-17-18(19(25)15-6-4-3-5-7-15)23(21(27)24(28)20(17)26)13-29-12-14-8-10-16(22)11-9-14/h3-11,20,26,28H,2,12-13H2,1H3. The summed E-state index contributed by atoms with van der Waals surface area (Å²) in [5, 5.41) is 20.4. The predicted octanol–water partition coefficient (Wildman–Crippen LogP) is 3.29. The molecule has 1 heterocycles. The first-order chi connectivity index (χ1) is 13.9. The molecule has 152 valence electrons. The molecule has 0 spiro atoms. The summed E-state index contributed by atoms with van der Waals surface area (Å²) >= 11 is 0. The lowest BCUT2D eigenvalue weighted by atomic mass is 9.99. The Hall–Kier alpha value is -3.07. The molecule has 2 aromatic carbocycles. The Kier molecular flexibility index (Phi) is 6.38. The Morgan fingerprint density at radius 3 is 2.41 bits per heavy atom. The number of urea groups is 1. The first-order valence-corrected chi connectivity index (χ1v) is 9.06. The van der Waals surface area contributed by atoms with E-state index in [1.54, 1.807) is 49.4 Å². The van der Waals surface area contributed by atoms with Crippen LogP contribution in [0, 0.1) is 5.82 Å². The molecule has 1 unspecified atom stereocenters. The number of carbonyl (C=O) groups excluding carboxylic acids is 2. The fourth-order valence-electron chi connectivity index (χ4n) is 3.07. The number of aliphatic hydroxyl groups is 1. The van der Waals surface area contributed by atoms with Crippen molar-refractivity contribution in [1.82, 2.24) is 9.96 Å². The van der Waals surface area contributed by atoms with Gasteiger partial charge in [-0.1, -0.05) is 49.4 Å². The normalized spacial score (nSPS) is 17.1. The summed E-state index contributed by atoms with van der Waals surface area (Å²) in [7, 11) is 0. The first kappa shape index (κ1) is 20.7. The van der Waals surface area contributed by atoms with Gasteiger partial charge in [0.15, 0.2) is 6.23 Å².